The molecule has 3 aromatic rings. The van der Waals surface area contributed by atoms with Crippen LogP contribution in [0.5, 0.6) is 0 Å². The van der Waals surface area contributed by atoms with Crippen molar-refractivity contribution in [1.82, 2.24) is 9.97 Å². The molecule has 0 bridgehead atoms. The third-order valence-corrected chi connectivity index (χ3v) is 3.87. The maximum atomic E-state index is 5.67. The first kappa shape index (κ1) is 13.0. The average molecular weight is 300 g/mol. The van der Waals surface area contributed by atoms with Crippen LogP contribution >= 0.6 is 23.6 Å². The van der Waals surface area contributed by atoms with Gasteiger partial charge in [-0.1, -0.05) is 12.2 Å². The zero-order valence-electron chi connectivity index (χ0n) is 10.8. The summed E-state index contributed by atoms with van der Waals surface area (Å²) >= 11 is 6.62. The van der Waals surface area contributed by atoms with Gasteiger partial charge in [0, 0.05) is 16.9 Å². The quantitative estimate of drug-likeness (QED) is 0.726. The Balaban J connectivity index is 1.95. The Morgan fingerprint density at radius 1 is 1.30 bits per heavy atom. The first-order valence-corrected chi connectivity index (χ1v) is 7.29. The molecular weight excluding hydrogens is 288 g/mol. The maximum absolute atomic E-state index is 5.67. The number of nitrogens with two attached hydrogens (primary N) is 1. The number of thiocarbonyl (C=S) groups is 1. The van der Waals surface area contributed by atoms with Crippen LogP contribution < -0.4 is 11.1 Å². The highest BCUT2D eigenvalue weighted by Gasteiger charge is 2.04. The number of hydrogen-bond acceptors (Lipinski definition) is 5. The van der Waals surface area contributed by atoms with E-state index in [4.69, 9.17) is 18.0 Å². The van der Waals surface area contributed by atoms with Gasteiger partial charge < -0.3 is 11.1 Å². The van der Waals surface area contributed by atoms with E-state index in [1.54, 1.807) is 11.3 Å². The van der Waals surface area contributed by atoms with E-state index >= 15 is 0 Å². The van der Waals surface area contributed by atoms with Crippen LogP contribution in [-0.2, 0) is 0 Å². The van der Waals surface area contributed by atoms with E-state index in [1.807, 2.05) is 36.7 Å². The van der Waals surface area contributed by atoms with Crippen molar-refractivity contribution in [2.75, 3.05) is 5.32 Å². The van der Waals surface area contributed by atoms with Crippen molar-refractivity contribution in [2.45, 2.75) is 6.92 Å². The number of benzene rings is 1. The zero-order valence-corrected chi connectivity index (χ0v) is 12.4. The van der Waals surface area contributed by atoms with E-state index in [1.165, 1.54) is 0 Å². The lowest BCUT2D eigenvalue weighted by molar-refractivity contribution is 1.19. The Hall–Kier alpha value is -2.05. The summed E-state index contributed by atoms with van der Waals surface area (Å²) in [5.41, 5.74) is 11.2. The molecule has 0 aliphatic carbocycles. The van der Waals surface area contributed by atoms with Crippen LogP contribution in [0.15, 0.2) is 35.8 Å². The van der Waals surface area contributed by atoms with Gasteiger partial charge in [-0.2, -0.15) is 0 Å². The monoisotopic (exact) mass is 300 g/mol. The number of anilines is 2. The van der Waals surface area contributed by atoms with Crippen LogP contribution in [0.2, 0.25) is 0 Å². The van der Waals surface area contributed by atoms with E-state index in [2.05, 4.69) is 21.4 Å². The number of hydrogen-bond donors (Lipinski definition) is 2. The largest absolute Gasteiger partial charge is 0.389 e. The minimum atomic E-state index is 0.372. The molecule has 3 rings (SSSR count). The predicted molar refractivity (Wildman–Crippen MR) is 87.8 cm³/mol. The molecular formula is C14H12N4S2. The molecule has 0 radical (unpaired) electrons. The molecule has 0 atom stereocenters. The molecule has 3 N–H and O–H groups in total. The average Bonchev–Trinajstić information content (AvgIpc) is 2.85. The Kier molecular flexibility index (Phi) is 3.33. The summed E-state index contributed by atoms with van der Waals surface area (Å²) in [6.45, 7) is 1.92. The molecule has 1 aromatic carbocycles. The molecule has 0 spiro atoms. The molecule has 20 heavy (non-hydrogen) atoms. The van der Waals surface area contributed by atoms with Crippen LogP contribution in [0.3, 0.4) is 0 Å². The van der Waals surface area contributed by atoms with Crippen molar-refractivity contribution in [2.24, 2.45) is 5.73 Å². The summed E-state index contributed by atoms with van der Waals surface area (Å²) in [6, 6.07) is 9.74. The molecule has 100 valence electrons. The molecule has 0 aliphatic heterocycles. The van der Waals surface area contributed by atoms with Crippen LogP contribution in [0.25, 0.3) is 10.2 Å². The van der Waals surface area contributed by atoms with Gasteiger partial charge in [0.25, 0.3) is 0 Å². The maximum Gasteiger partial charge on any atom is 0.131 e. The summed E-state index contributed by atoms with van der Waals surface area (Å²) in [5, 5.41) is 3.27. The molecule has 2 aromatic heterocycles. The Labute approximate surface area is 125 Å². The van der Waals surface area contributed by atoms with E-state index in [0.717, 1.165) is 33.0 Å². The lowest BCUT2D eigenvalue weighted by Gasteiger charge is -2.08. The van der Waals surface area contributed by atoms with Gasteiger partial charge in [-0.15, -0.1) is 11.3 Å². The van der Waals surface area contributed by atoms with Crippen molar-refractivity contribution in [3.63, 3.8) is 0 Å². The van der Waals surface area contributed by atoms with Gasteiger partial charge in [0.05, 0.1) is 15.7 Å². The molecule has 0 saturated carbocycles. The normalized spacial score (nSPS) is 10.7. The molecule has 6 heteroatoms. The molecule has 0 aliphatic rings. The Bertz CT molecular complexity index is 795. The van der Waals surface area contributed by atoms with E-state index < -0.39 is 0 Å². The minimum absolute atomic E-state index is 0.372. The standard InChI is InChI=1S/C14H12N4S2/c1-8-4-9(14(15)19)5-13(17-8)18-10-2-3-11-12(6-10)20-7-16-11/h2-7H,1H3,(H2,15,19)(H,17,18). The summed E-state index contributed by atoms with van der Waals surface area (Å²) in [5.74, 6) is 0.733. The second-order valence-corrected chi connectivity index (χ2v) is 5.73. The molecule has 0 saturated heterocycles. The smallest absolute Gasteiger partial charge is 0.131 e. The van der Waals surface area contributed by atoms with Gasteiger partial charge in [0.1, 0.15) is 10.8 Å². The van der Waals surface area contributed by atoms with Crippen molar-refractivity contribution in [1.29, 1.82) is 0 Å². The van der Waals surface area contributed by atoms with Gasteiger partial charge >= 0.3 is 0 Å². The van der Waals surface area contributed by atoms with Crippen molar-refractivity contribution >= 4 is 50.3 Å². The number of fused-ring (bicyclic) bond motifs is 1. The first-order chi connectivity index (χ1) is 9.61. The molecule has 0 fully saturated rings. The van der Waals surface area contributed by atoms with Gasteiger partial charge in [0.15, 0.2) is 0 Å². The van der Waals surface area contributed by atoms with Crippen LogP contribution in [0.4, 0.5) is 11.5 Å². The summed E-state index contributed by atoms with van der Waals surface area (Å²) < 4.78 is 1.14. The number of pyridine rings is 1. The van der Waals surface area contributed by atoms with E-state index in [-0.39, 0.29) is 0 Å². The fourth-order valence-electron chi connectivity index (χ4n) is 1.96. The SMILES string of the molecule is Cc1cc(C(N)=S)cc(Nc2ccc3ncsc3c2)n1. The van der Waals surface area contributed by atoms with Crippen molar-refractivity contribution < 1.29 is 0 Å². The fourth-order valence-corrected chi connectivity index (χ4v) is 2.79. The summed E-state index contributed by atoms with van der Waals surface area (Å²) in [6.07, 6.45) is 0. The van der Waals surface area contributed by atoms with Crippen LogP contribution in [-0.4, -0.2) is 15.0 Å². The highest BCUT2D eigenvalue weighted by atomic mass is 32.1. The zero-order chi connectivity index (χ0) is 14.1. The topological polar surface area (TPSA) is 63.8 Å². The molecule has 2 heterocycles. The number of nitrogens with zero attached hydrogens (tertiary/aromatic N) is 2. The van der Waals surface area contributed by atoms with E-state index in [9.17, 15) is 0 Å². The minimum Gasteiger partial charge on any atom is -0.389 e. The third kappa shape index (κ3) is 2.61. The summed E-state index contributed by atoms with van der Waals surface area (Å²) in [7, 11) is 0. The predicted octanol–water partition coefficient (Wildman–Crippen LogP) is 3.38. The van der Waals surface area contributed by atoms with Gasteiger partial charge in [-0.25, -0.2) is 9.97 Å². The Morgan fingerprint density at radius 3 is 2.95 bits per heavy atom. The highest BCUT2D eigenvalue weighted by molar-refractivity contribution is 7.80. The van der Waals surface area contributed by atoms with Crippen LogP contribution in [0, 0.1) is 6.92 Å². The van der Waals surface area contributed by atoms with Crippen LogP contribution in [0.1, 0.15) is 11.3 Å². The lowest BCUT2D eigenvalue weighted by atomic mass is 10.2. The number of aromatic nitrogens is 2. The second kappa shape index (κ2) is 5.15. The second-order valence-electron chi connectivity index (χ2n) is 4.41. The first-order valence-electron chi connectivity index (χ1n) is 6.00. The Morgan fingerprint density at radius 2 is 2.15 bits per heavy atom. The van der Waals surface area contributed by atoms with Crippen molar-refractivity contribution in [3.8, 4) is 0 Å². The summed E-state index contributed by atoms with van der Waals surface area (Å²) in [4.78, 5) is 9.07. The molecule has 0 amide bonds. The lowest BCUT2D eigenvalue weighted by Crippen LogP contribution is -2.10. The number of thiazole rings is 1. The number of rotatable bonds is 3. The number of nitrogens with one attached hydrogen (secondary N) is 1. The van der Waals surface area contributed by atoms with Gasteiger partial charge in [-0.3, -0.25) is 0 Å². The fraction of sp³-hybridized carbons (Fsp3) is 0.0714. The molecule has 0 unspecified atom stereocenters. The highest BCUT2D eigenvalue weighted by Crippen LogP contribution is 2.24. The number of aryl methyl sites for hydroxylation is 1. The van der Waals surface area contributed by atoms with E-state index in [0.29, 0.717) is 4.99 Å². The van der Waals surface area contributed by atoms with Gasteiger partial charge in [-0.05, 0) is 37.3 Å². The third-order valence-electron chi connectivity index (χ3n) is 2.84. The van der Waals surface area contributed by atoms with Crippen molar-refractivity contribution in [3.05, 3.63) is 47.1 Å². The molecule has 4 nitrogen and oxygen atoms in total. The van der Waals surface area contributed by atoms with Gasteiger partial charge in [0.2, 0.25) is 0 Å².